The van der Waals surface area contributed by atoms with E-state index in [0.717, 1.165) is 37.5 Å². The van der Waals surface area contributed by atoms with Crippen LogP contribution in [0.25, 0.3) is 0 Å². The van der Waals surface area contributed by atoms with Crippen molar-refractivity contribution in [3.05, 3.63) is 70.2 Å². The summed E-state index contributed by atoms with van der Waals surface area (Å²) < 4.78 is 0. The van der Waals surface area contributed by atoms with Crippen LogP contribution in [-0.4, -0.2) is 23.9 Å². The Balaban J connectivity index is 1.45. The Morgan fingerprint density at radius 3 is 2.64 bits per heavy atom. The second kappa shape index (κ2) is 8.50. The van der Waals surface area contributed by atoms with E-state index < -0.39 is 0 Å². The zero-order chi connectivity index (χ0) is 17.6. The summed E-state index contributed by atoms with van der Waals surface area (Å²) in [6.07, 6.45) is 1.83. The van der Waals surface area contributed by atoms with Crippen molar-refractivity contribution >= 4 is 17.5 Å². The number of halogens is 1. The van der Waals surface area contributed by atoms with Crippen molar-refractivity contribution in [1.29, 1.82) is 0 Å². The Bertz CT molecular complexity index is 723. The molecule has 1 amide bonds. The number of hydrogen-bond acceptors (Lipinski definition) is 2. The Labute approximate surface area is 155 Å². The molecule has 0 spiro atoms. The van der Waals surface area contributed by atoms with Gasteiger partial charge in [-0.25, -0.2) is 0 Å². The number of piperidine rings is 1. The van der Waals surface area contributed by atoms with Crippen molar-refractivity contribution in [3.8, 4) is 0 Å². The van der Waals surface area contributed by atoms with Crippen LogP contribution in [0.2, 0.25) is 5.02 Å². The second-order valence-corrected chi connectivity index (χ2v) is 7.26. The van der Waals surface area contributed by atoms with E-state index in [1.54, 1.807) is 0 Å². The number of carbonyl (C=O) groups is 1. The van der Waals surface area contributed by atoms with Crippen LogP contribution in [0.1, 0.15) is 29.5 Å². The predicted molar refractivity (Wildman–Crippen MR) is 102 cm³/mol. The molecule has 132 valence electrons. The molecule has 0 saturated carbocycles. The highest BCUT2D eigenvalue weighted by molar-refractivity contribution is 6.30. The van der Waals surface area contributed by atoms with Crippen LogP contribution < -0.4 is 5.32 Å². The lowest BCUT2D eigenvalue weighted by Gasteiger charge is -2.31. The molecule has 0 aromatic heterocycles. The van der Waals surface area contributed by atoms with E-state index in [0.29, 0.717) is 6.54 Å². The molecule has 0 aliphatic carbocycles. The highest BCUT2D eigenvalue weighted by Crippen LogP contribution is 2.20. The third-order valence-corrected chi connectivity index (χ3v) is 5.20. The molecule has 25 heavy (non-hydrogen) atoms. The van der Waals surface area contributed by atoms with Crippen LogP contribution in [0.5, 0.6) is 0 Å². The molecule has 1 aliphatic rings. The number of nitrogens with zero attached hydrogens (tertiary/aromatic N) is 1. The summed E-state index contributed by atoms with van der Waals surface area (Å²) in [6.45, 7) is 5.51. The lowest BCUT2D eigenvalue weighted by molar-refractivity contribution is -0.126. The molecule has 0 radical (unpaired) electrons. The summed E-state index contributed by atoms with van der Waals surface area (Å²) in [5, 5.41) is 3.89. The molecule has 3 nitrogen and oxygen atoms in total. The summed E-state index contributed by atoms with van der Waals surface area (Å²) in [6, 6.07) is 16.2. The molecule has 2 aromatic carbocycles. The molecule has 3 rings (SSSR count). The van der Waals surface area contributed by atoms with Crippen molar-refractivity contribution in [2.75, 3.05) is 13.1 Å². The minimum atomic E-state index is 0.125. The van der Waals surface area contributed by atoms with Crippen LogP contribution in [0, 0.1) is 12.8 Å². The zero-order valence-electron chi connectivity index (χ0n) is 14.7. The number of rotatable bonds is 5. The van der Waals surface area contributed by atoms with E-state index >= 15 is 0 Å². The summed E-state index contributed by atoms with van der Waals surface area (Å²) in [7, 11) is 0. The molecule has 1 N–H and O–H groups in total. The maximum Gasteiger partial charge on any atom is 0.223 e. The monoisotopic (exact) mass is 356 g/mol. The van der Waals surface area contributed by atoms with Gasteiger partial charge in [0, 0.05) is 24.0 Å². The van der Waals surface area contributed by atoms with Gasteiger partial charge in [0.25, 0.3) is 0 Å². The standard InChI is InChI=1S/C21H25ClN2O/c1-16-5-2-3-7-19(16)14-23-21(25)18-9-11-24(12-10-18)15-17-6-4-8-20(22)13-17/h2-8,13,18H,9-12,14-15H2,1H3,(H,23,25). The molecule has 0 bridgehead atoms. The number of amides is 1. The fourth-order valence-electron chi connectivity index (χ4n) is 3.38. The summed E-state index contributed by atoms with van der Waals surface area (Å²) >= 11 is 6.05. The smallest absolute Gasteiger partial charge is 0.223 e. The highest BCUT2D eigenvalue weighted by atomic mass is 35.5. The molecule has 0 atom stereocenters. The average molecular weight is 357 g/mol. The molecular weight excluding hydrogens is 332 g/mol. The third-order valence-electron chi connectivity index (χ3n) is 4.97. The first-order valence-corrected chi connectivity index (χ1v) is 9.28. The predicted octanol–water partition coefficient (Wildman–Crippen LogP) is 4.18. The van der Waals surface area contributed by atoms with Gasteiger partial charge in [0.1, 0.15) is 0 Å². The Morgan fingerprint density at radius 2 is 1.92 bits per heavy atom. The number of aryl methyl sites for hydroxylation is 1. The minimum absolute atomic E-state index is 0.125. The van der Waals surface area contributed by atoms with Gasteiger partial charge in [0.05, 0.1) is 0 Å². The van der Waals surface area contributed by atoms with E-state index in [9.17, 15) is 4.79 Å². The maximum absolute atomic E-state index is 12.4. The summed E-state index contributed by atoms with van der Waals surface area (Å²) in [5.74, 6) is 0.310. The van der Waals surface area contributed by atoms with Crippen molar-refractivity contribution in [3.63, 3.8) is 0 Å². The van der Waals surface area contributed by atoms with Crippen LogP contribution in [0.3, 0.4) is 0 Å². The number of carbonyl (C=O) groups excluding carboxylic acids is 1. The van der Waals surface area contributed by atoms with E-state index in [-0.39, 0.29) is 11.8 Å². The second-order valence-electron chi connectivity index (χ2n) is 6.82. The molecule has 0 unspecified atom stereocenters. The molecule has 4 heteroatoms. The number of hydrogen-bond donors (Lipinski definition) is 1. The third kappa shape index (κ3) is 5.07. The Hall–Kier alpha value is -1.84. The van der Waals surface area contributed by atoms with Crippen molar-refractivity contribution in [2.45, 2.75) is 32.9 Å². The van der Waals surface area contributed by atoms with Gasteiger partial charge in [-0.2, -0.15) is 0 Å². The van der Waals surface area contributed by atoms with Gasteiger partial charge in [-0.15, -0.1) is 0 Å². The fraction of sp³-hybridized carbons (Fsp3) is 0.381. The van der Waals surface area contributed by atoms with Crippen LogP contribution in [0.15, 0.2) is 48.5 Å². The van der Waals surface area contributed by atoms with Gasteiger partial charge in [-0.1, -0.05) is 48.0 Å². The Kier molecular flexibility index (Phi) is 6.11. The number of nitrogens with one attached hydrogen (secondary N) is 1. The minimum Gasteiger partial charge on any atom is -0.352 e. The summed E-state index contributed by atoms with van der Waals surface area (Å²) in [5.41, 5.74) is 3.64. The van der Waals surface area contributed by atoms with Gasteiger partial charge in [-0.3, -0.25) is 9.69 Å². The number of benzene rings is 2. The van der Waals surface area contributed by atoms with Crippen molar-refractivity contribution in [1.82, 2.24) is 10.2 Å². The average Bonchev–Trinajstić information content (AvgIpc) is 2.61. The van der Waals surface area contributed by atoms with Crippen LogP contribution in [0.4, 0.5) is 0 Å². The number of likely N-dealkylation sites (tertiary alicyclic amines) is 1. The fourth-order valence-corrected chi connectivity index (χ4v) is 3.59. The Morgan fingerprint density at radius 1 is 1.16 bits per heavy atom. The lowest BCUT2D eigenvalue weighted by Crippen LogP contribution is -2.40. The van der Waals surface area contributed by atoms with Crippen LogP contribution in [-0.2, 0) is 17.9 Å². The summed E-state index contributed by atoms with van der Waals surface area (Å²) in [4.78, 5) is 14.8. The molecule has 1 saturated heterocycles. The zero-order valence-corrected chi connectivity index (χ0v) is 15.4. The SMILES string of the molecule is Cc1ccccc1CNC(=O)C1CCN(Cc2cccc(Cl)c2)CC1. The molecule has 2 aromatic rings. The quantitative estimate of drug-likeness (QED) is 0.871. The van der Waals surface area contributed by atoms with Crippen LogP contribution >= 0.6 is 11.6 Å². The largest absolute Gasteiger partial charge is 0.352 e. The normalized spacial score (nSPS) is 15.9. The molecular formula is C21H25ClN2O. The first-order valence-electron chi connectivity index (χ1n) is 8.91. The van der Waals surface area contributed by atoms with E-state index in [1.165, 1.54) is 16.7 Å². The highest BCUT2D eigenvalue weighted by Gasteiger charge is 2.24. The van der Waals surface area contributed by atoms with Gasteiger partial charge >= 0.3 is 0 Å². The molecule has 1 heterocycles. The van der Waals surface area contributed by atoms with Crippen molar-refractivity contribution in [2.24, 2.45) is 5.92 Å². The van der Waals surface area contributed by atoms with Gasteiger partial charge in [0.2, 0.25) is 5.91 Å². The first kappa shape index (κ1) is 18.0. The molecule has 1 aliphatic heterocycles. The first-order chi connectivity index (χ1) is 12.1. The molecule has 1 fully saturated rings. The lowest BCUT2D eigenvalue weighted by atomic mass is 9.95. The van der Waals surface area contributed by atoms with E-state index in [1.807, 2.05) is 30.3 Å². The van der Waals surface area contributed by atoms with Crippen molar-refractivity contribution < 1.29 is 4.79 Å². The maximum atomic E-state index is 12.4. The van der Waals surface area contributed by atoms with Gasteiger partial charge < -0.3 is 5.32 Å². The topological polar surface area (TPSA) is 32.3 Å². The van der Waals surface area contributed by atoms with Gasteiger partial charge in [0.15, 0.2) is 0 Å². The van der Waals surface area contributed by atoms with Gasteiger partial charge in [-0.05, 0) is 61.7 Å². The van der Waals surface area contributed by atoms with E-state index in [2.05, 4.69) is 35.3 Å². The van der Waals surface area contributed by atoms with E-state index in [4.69, 9.17) is 11.6 Å².